The van der Waals surface area contributed by atoms with E-state index in [4.69, 9.17) is 11.6 Å². The van der Waals surface area contributed by atoms with Crippen molar-refractivity contribution in [1.29, 1.82) is 0 Å². The lowest BCUT2D eigenvalue weighted by atomic mass is 9.93. The highest BCUT2D eigenvalue weighted by molar-refractivity contribution is 6.30. The summed E-state index contributed by atoms with van der Waals surface area (Å²) < 4.78 is 0. The largest absolute Gasteiger partial charge is 0.335 e. The molecule has 0 aliphatic carbocycles. The molecule has 1 heterocycles. The van der Waals surface area contributed by atoms with Gasteiger partial charge in [0.1, 0.15) is 0 Å². The number of amides is 1. The van der Waals surface area contributed by atoms with Crippen molar-refractivity contribution in [3.63, 3.8) is 0 Å². The van der Waals surface area contributed by atoms with E-state index in [2.05, 4.69) is 31.2 Å². The Labute approximate surface area is 130 Å². The zero-order valence-corrected chi connectivity index (χ0v) is 12.8. The number of likely N-dealkylation sites (tertiary alicyclic amines) is 1. The first kappa shape index (κ1) is 14.2. The summed E-state index contributed by atoms with van der Waals surface area (Å²) in [6.45, 7) is 2.93. The topological polar surface area (TPSA) is 20.3 Å². The zero-order chi connectivity index (χ0) is 14.8. The van der Waals surface area contributed by atoms with Crippen LogP contribution in [0.5, 0.6) is 0 Å². The van der Waals surface area contributed by atoms with Gasteiger partial charge in [0.15, 0.2) is 0 Å². The minimum Gasteiger partial charge on any atom is -0.335 e. The van der Waals surface area contributed by atoms with Gasteiger partial charge in [-0.2, -0.15) is 0 Å². The molecular weight excluding hydrogens is 282 g/mol. The quantitative estimate of drug-likeness (QED) is 0.807. The van der Waals surface area contributed by atoms with Gasteiger partial charge >= 0.3 is 0 Å². The van der Waals surface area contributed by atoms with Crippen LogP contribution < -0.4 is 0 Å². The number of hydrogen-bond acceptors (Lipinski definition) is 1. The first-order valence-corrected chi connectivity index (χ1v) is 7.66. The molecule has 1 fully saturated rings. The lowest BCUT2D eigenvalue weighted by Crippen LogP contribution is -2.35. The molecule has 0 N–H and O–H groups in total. The van der Waals surface area contributed by atoms with Gasteiger partial charge in [-0.15, -0.1) is 0 Å². The summed E-state index contributed by atoms with van der Waals surface area (Å²) in [6, 6.07) is 17.8. The predicted molar refractivity (Wildman–Crippen MR) is 85.8 cm³/mol. The number of benzene rings is 2. The Balaban J connectivity index is 1.80. The second kappa shape index (κ2) is 5.90. The third-order valence-electron chi connectivity index (χ3n) is 4.32. The van der Waals surface area contributed by atoms with Crippen LogP contribution in [0.25, 0.3) is 0 Å². The molecular formula is C18H18ClNO. The fourth-order valence-electron chi connectivity index (χ4n) is 3.16. The zero-order valence-electron chi connectivity index (χ0n) is 12.0. The van der Waals surface area contributed by atoms with Crippen molar-refractivity contribution in [2.24, 2.45) is 0 Å². The molecule has 0 saturated carbocycles. The normalized spacial score (nSPS) is 21.5. The van der Waals surface area contributed by atoms with Crippen LogP contribution in [0.2, 0.25) is 5.02 Å². The summed E-state index contributed by atoms with van der Waals surface area (Å²) in [4.78, 5) is 14.6. The Bertz CT molecular complexity index is 641. The molecule has 1 aliphatic rings. The molecule has 2 atom stereocenters. The molecule has 1 aliphatic heterocycles. The number of carbonyl (C=O) groups is 1. The highest BCUT2D eigenvalue weighted by atomic mass is 35.5. The molecule has 0 bridgehead atoms. The Morgan fingerprint density at radius 2 is 1.90 bits per heavy atom. The third kappa shape index (κ3) is 2.81. The fourth-order valence-corrected chi connectivity index (χ4v) is 3.35. The second-order valence-corrected chi connectivity index (χ2v) is 5.99. The van der Waals surface area contributed by atoms with E-state index >= 15 is 0 Å². The van der Waals surface area contributed by atoms with E-state index in [-0.39, 0.29) is 11.9 Å². The number of nitrogens with zero attached hydrogens (tertiary/aromatic N) is 1. The average Bonchev–Trinajstić information content (AvgIpc) is 2.89. The number of rotatable bonds is 2. The van der Waals surface area contributed by atoms with E-state index in [1.54, 1.807) is 12.1 Å². The minimum absolute atomic E-state index is 0.0726. The highest BCUT2D eigenvalue weighted by Crippen LogP contribution is 2.34. The molecule has 3 rings (SSSR count). The third-order valence-corrected chi connectivity index (χ3v) is 4.55. The van der Waals surface area contributed by atoms with E-state index in [0.29, 0.717) is 16.5 Å². The highest BCUT2D eigenvalue weighted by Gasteiger charge is 2.34. The first-order valence-electron chi connectivity index (χ1n) is 7.28. The maximum absolute atomic E-state index is 12.7. The van der Waals surface area contributed by atoms with E-state index in [1.807, 2.05) is 23.1 Å². The van der Waals surface area contributed by atoms with E-state index in [9.17, 15) is 4.79 Å². The van der Waals surface area contributed by atoms with Crippen molar-refractivity contribution >= 4 is 17.5 Å². The van der Waals surface area contributed by atoms with Crippen LogP contribution in [-0.4, -0.2) is 23.4 Å². The molecule has 108 valence electrons. The van der Waals surface area contributed by atoms with Gasteiger partial charge in [-0.3, -0.25) is 4.79 Å². The lowest BCUT2D eigenvalue weighted by Gasteiger charge is -2.25. The van der Waals surface area contributed by atoms with Crippen molar-refractivity contribution in [2.75, 3.05) is 6.54 Å². The van der Waals surface area contributed by atoms with Crippen molar-refractivity contribution < 1.29 is 4.79 Å². The SMILES string of the molecule is C[C@H]1[C@H](c2ccccc2)CCN1C(=O)c1cccc(Cl)c1. The van der Waals surface area contributed by atoms with Crippen molar-refractivity contribution in [2.45, 2.75) is 25.3 Å². The fraction of sp³-hybridized carbons (Fsp3) is 0.278. The van der Waals surface area contributed by atoms with Gasteiger partial charge in [-0.05, 0) is 37.1 Å². The summed E-state index contributed by atoms with van der Waals surface area (Å²) in [5.41, 5.74) is 1.98. The van der Waals surface area contributed by atoms with Crippen LogP contribution in [-0.2, 0) is 0 Å². The van der Waals surface area contributed by atoms with E-state index in [0.717, 1.165) is 13.0 Å². The average molecular weight is 300 g/mol. The maximum Gasteiger partial charge on any atom is 0.254 e. The minimum atomic E-state index is 0.0726. The van der Waals surface area contributed by atoms with Gasteiger partial charge in [0.2, 0.25) is 0 Å². The van der Waals surface area contributed by atoms with Crippen LogP contribution in [0.4, 0.5) is 0 Å². The lowest BCUT2D eigenvalue weighted by molar-refractivity contribution is 0.0742. The maximum atomic E-state index is 12.7. The predicted octanol–water partition coefficient (Wildman–Crippen LogP) is 4.36. The molecule has 3 heteroatoms. The number of hydrogen-bond donors (Lipinski definition) is 0. The van der Waals surface area contributed by atoms with Crippen LogP contribution in [0, 0.1) is 0 Å². The van der Waals surface area contributed by atoms with Gasteiger partial charge in [-0.25, -0.2) is 0 Å². The Morgan fingerprint density at radius 3 is 2.62 bits per heavy atom. The molecule has 1 saturated heterocycles. The molecule has 0 radical (unpaired) electrons. The Hall–Kier alpha value is -1.80. The second-order valence-electron chi connectivity index (χ2n) is 5.56. The van der Waals surface area contributed by atoms with Crippen LogP contribution in [0.15, 0.2) is 54.6 Å². The standard InChI is InChI=1S/C18H18ClNO/c1-13-17(14-6-3-2-4-7-14)10-11-20(13)18(21)15-8-5-9-16(19)12-15/h2-9,12-13,17H,10-11H2,1H3/t13-,17+/m0/s1. The van der Waals surface area contributed by atoms with Crippen molar-refractivity contribution in [3.05, 3.63) is 70.7 Å². The first-order chi connectivity index (χ1) is 10.2. The molecule has 2 aromatic rings. The van der Waals surface area contributed by atoms with Gasteiger partial charge in [0.25, 0.3) is 5.91 Å². The number of carbonyl (C=O) groups excluding carboxylic acids is 1. The molecule has 21 heavy (non-hydrogen) atoms. The summed E-state index contributed by atoms with van der Waals surface area (Å²) in [7, 11) is 0. The summed E-state index contributed by atoms with van der Waals surface area (Å²) >= 11 is 5.99. The molecule has 0 spiro atoms. The van der Waals surface area contributed by atoms with Crippen molar-refractivity contribution in [3.8, 4) is 0 Å². The van der Waals surface area contributed by atoms with Crippen LogP contribution >= 0.6 is 11.6 Å². The summed E-state index contributed by atoms with van der Waals surface area (Å²) in [5, 5.41) is 0.604. The monoisotopic (exact) mass is 299 g/mol. The van der Waals surface area contributed by atoms with E-state index < -0.39 is 0 Å². The van der Waals surface area contributed by atoms with Crippen molar-refractivity contribution in [1.82, 2.24) is 4.90 Å². The Morgan fingerprint density at radius 1 is 1.14 bits per heavy atom. The molecule has 0 aromatic heterocycles. The smallest absolute Gasteiger partial charge is 0.254 e. The molecule has 1 amide bonds. The number of halogens is 1. The van der Waals surface area contributed by atoms with Gasteiger partial charge in [0, 0.05) is 29.1 Å². The molecule has 0 unspecified atom stereocenters. The van der Waals surface area contributed by atoms with Gasteiger partial charge < -0.3 is 4.90 Å². The van der Waals surface area contributed by atoms with Crippen LogP contribution in [0.3, 0.4) is 0 Å². The summed E-state index contributed by atoms with van der Waals surface area (Å²) in [5.74, 6) is 0.484. The van der Waals surface area contributed by atoms with Gasteiger partial charge in [0.05, 0.1) is 0 Å². The molecule has 2 nitrogen and oxygen atoms in total. The van der Waals surface area contributed by atoms with E-state index in [1.165, 1.54) is 5.56 Å². The van der Waals surface area contributed by atoms with Crippen LogP contribution in [0.1, 0.15) is 35.2 Å². The Kier molecular flexibility index (Phi) is 3.98. The van der Waals surface area contributed by atoms with Gasteiger partial charge in [-0.1, -0.05) is 48.0 Å². The molecule has 2 aromatic carbocycles. The summed E-state index contributed by atoms with van der Waals surface area (Å²) in [6.07, 6.45) is 1.01.